The van der Waals surface area contributed by atoms with Crippen molar-refractivity contribution in [2.24, 2.45) is 0 Å². The molecule has 0 aromatic rings. The number of alkyl halides is 1. The van der Waals surface area contributed by atoms with Gasteiger partial charge in [-0.2, -0.15) is 0 Å². The van der Waals surface area contributed by atoms with Gasteiger partial charge >= 0.3 is 5.97 Å². The van der Waals surface area contributed by atoms with Crippen LogP contribution in [0.15, 0.2) is 12.7 Å². The highest BCUT2D eigenvalue weighted by atomic mass is 35.5. The van der Waals surface area contributed by atoms with Crippen molar-refractivity contribution < 1.29 is 14.0 Å². The summed E-state index contributed by atoms with van der Waals surface area (Å²) < 4.78 is 5.32. The highest BCUT2D eigenvalue weighted by Gasteiger charge is 2.21. The zero-order valence-corrected chi connectivity index (χ0v) is 8.47. The summed E-state index contributed by atoms with van der Waals surface area (Å²) in [5.41, 5.74) is -0.228. The Morgan fingerprint density at radius 1 is 1.67 bits per heavy atom. The van der Waals surface area contributed by atoms with Crippen molar-refractivity contribution in [3.05, 3.63) is 12.7 Å². The lowest BCUT2D eigenvalue weighted by Gasteiger charge is -2.28. The van der Waals surface area contributed by atoms with E-state index in [4.69, 9.17) is 16.3 Å². The van der Waals surface area contributed by atoms with Crippen LogP contribution in [0.2, 0.25) is 0 Å². The number of likely N-dealkylation sites (N-methyl/N-ethyl adjacent to an activating group) is 1. The first-order valence-electron chi connectivity index (χ1n) is 3.62. The molecular weight excluding hydrogens is 178 g/mol. The third-order valence-corrected chi connectivity index (χ3v) is 2.08. The van der Waals surface area contributed by atoms with Crippen molar-refractivity contribution in [2.45, 2.75) is 5.50 Å². The van der Waals surface area contributed by atoms with Gasteiger partial charge in [-0.1, -0.05) is 18.2 Å². The molecule has 70 valence electrons. The maximum absolute atomic E-state index is 10.6. The van der Waals surface area contributed by atoms with Crippen molar-refractivity contribution in [1.82, 2.24) is 0 Å². The molecule has 4 heteroatoms. The third-order valence-electron chi connectivity index (χ3n) is 1.37. The normalized spacial score (nSPS) is 13.7. The third kappa shape index (κ3) is 4.36. The number of esters is 1. The summed E-state index contributed by atoms with van der Waals surface area (Å²) in [6.07, 6.45) is 1.12. The zero-order chi connectivity index (χ0) is 9.78. The van der Waals surface area contributed by atoms with Gasteiger partial charge in [-0.05, 0) is 0 Å². The molecule has 0 rings (SSSR count). The lowest BCUT2D eigenvalue weighted by molar-refractivity contribution is -0.882. The first-order chi connectivity index (χ1) is 5.38. The number of rotatable bonds is 4. The number of hydrogen-bond acceptors (Lipinski definition) is 2. The fourth-order valence-electron chi connectivity index (χ4n) is 0.433. The monoisotopic (exact) mass is 192 g/mol. The summed E-state index contributed by atoms with van der Waals surface area (Å²) >= 11 is 5.92. The van der Waals surface area contributed by atoms with E-state index in [1.807, 2.05) is 21.1 Å². The molecule has 0 fully saturated rings. The van der Waals surface area contributed by atoms with Gasteiger partial charge in [0, 0.05) is 6.08 Å². The largest absolute Gasteiger partial charge is 0.455 e. The fraction of sp³-hybridized carbons (Fsp3) is 0.625. The summed E-state index contributed by atoms with van der Waals surface area (Å²) in [5.74, 6) is -0.436. The van der Waals surface area contributed by atoms with E-state index in [0.29, 0.717) is 4.48 Å². The van der Waals surface area contributed by atoms with E-state index in [0.717, 1.165) is 6.08 Å². The van der Waals surface area contributed by atoms with E-state index >= 15 is 0 Å². The molecular formula is C8H15ClNO2+. The zero-order valence-electron chi connectivity index (χ0n) is 7.71. The molecule has 1 atom stereocenters. The SMILES string of the molecule is C=CC(=O)OCC(Cl)[N+](C)(C)C. The Labute approximate surface area is 78.2 Å². The van der Waals surface area contributed by atoms with Crippen LogP contribution < -0.4 is 0 Å². The van der Waals surface area contributed by atoms with E-state index in [-0.39, 0.29) is 12.1 Å². The Morgan fingerprint density at radius 3 is 2.50 bits per heavy atom. The number of ether oxygens (including phenoxy) is 1. The Bertz CT molecular complexity index is 174. The summed E-state index contributed by atoms with van der Waals surface area (Å²) in [7, 11) is 5.79. The number of nitrogens with zero attached hydrogens (tertiary/aromatic N) is 1. The minimum absolute atomic E-state index is 0.204. The molecule has 0 saturated heterocycles. The van der Waals surface area contributed by atoms with Crippen LogP contribution in [0.3, 0.4) is 0 Å². The molecule has 3 nitrogen and oxygen atoms in total. The van der Waals surface area contributed by atoms with Gasteiger partial charge in [-0.3, -0.25) is 0 Å². The van der Waals surface area contributed by atoms with E-state index in [9.17, 15) is 4.79 Å². The molecule has 0 radical (unpaired) electrons. The van der Waals surface area contributed by atoms with Crippen LogP contribution in [0.1, 0.15) is 0 Å². The number of halogens is 1. The standard InChI is InChI=1S/C8H15ClNO2/c1-5-8(11)12-6-7(9)10(2,3)4/h5,7H,1,6H2,2-4H3/q+1. The molecule has 0 heterocycles. The van der Waals surface area contributed by atoms with Crippen molar-refractivity contribution in [2.75, 3.05) is 27.7 Å². The first-order valence-corrected chi connectivity index (χ1v) is 4.06. The lowest BCUT2D eigenvalue weighted by Crippen LogP contribution is -2.44. The van der Waals surface area contributed by atoms with Gasteiger partial charge in [0.1, 0.15) is 0 Å². The second-order valence-corrected chi connectivity index (χ2v) is 3.89. The van der Waals surface area contributed by atoms with Crippen LogP contribution in [0, 0.1) is 0 Å². The molecule has 0 spiro atoms. The van der Waals surface area contributed by atoms with E-state index in [1.165, 1.54) is 0 Å². The Kier molecular flexibility index (Phi) is 4.28. The molecule has 0 aliphatic rings. The van der Waals surface area contributed by atoms with Gasteiger partial charge in [0.05, 0.1) is 21.1 Å². The molecule has 0 aliphatic heterocycles. The Morgan fingerprint density at radius 2 is 2.17 bits per heavy atom. The molecule has 0 aliphatic carbocycles. The Balaban J connectivity index is 3.79. The molecule has 1 unspecified atom stereocenters. The predicted molar refractivity (Wildman–Crippen MR) is 48.8 cm³/mol. The molecule has 0 saturated carbocycles. The van der Waals surface area contributed by atoms with Crippen molar-refractivity contribution in [1.29, 1.82) is 0 Å². The molecule has 0 aromatic carbocycles. The average Bonchev–Trinajstić information content (AvgIpc) is 1.97. The second kappa shape index (κ2) is 4.48. The van der Waals surface area contributed by atoms with Crippen molar-refractivity contribution in [3.8, 4) is 0 Å². The topological polar surface area (TPSA) is 26.3 Å². The number of carbonyl (C=O) groups is 1. The highest BCUT2D eigenvalue weighted by Crippen LogP contribution is 2.07. The quantitative estimate of drug-likeness (QED) is 0.218. The second-order valence-electron chi connectivity index (χ2n) is 3.38. The van der Waals surface area contributed by atoms with Crippen molar-refractivity contribution >= 4 is 17.6 Å². The van der Waals surface area contributed by atoms with E-state index < -0.39 is 5.97 Å². The smallest absolute Gasteiger partial charge is 0.330 e. The minimum Gasteiger partial charge on any atom is -0.455 e. The summed E-state index contributed by atoms with van der Waals surface area (Å²) in [6, 6.07) is 0. The molecule has 12 heavy (non-hydrogen) atoms. The lowest BCUT2D eigenvalue weighted by atomic mass is 10.5. The van der Waals surface area contributed by atoms with Gasteiger partial charge in [0.25, 0.3) is 0 Å². The maximum atomic E-state index is 10.6. The van der Waals surface area contributed by atoms with Crippen LogP contribution in [0.5, 0.6) is 0 Å². The van der Waals surface area contributed by atoms with E-state index in [1.54, 1.807) is 0 Å². The van der Waals surface area contributed by atoms with E-state index in [2.05, 4.69) is 6.58 Å². The number of quaternary nitrogens is 1. The van der Waals surface area contributed by atoms with Gasteiger partial charge in [0.2, 0.25) is 0 Å². The van der Waals surface area contributed by atoms with Crippen LogP contribution in [0.4, 0.5) is 0 Å². The maximum Gasteiger partial charge on any atom is 0.330 e. The number of carbonyl (C=O) groups excluding carboxylic acids is 1. The van der Waals surface area contributed by atoms with Gasteiger partial charge in [0.15, 0.2) is 12.1 Å². The predicted octanol–water partition coefficient (Wildman–Crippen LogP) is 0.987. The average molecular weight is 193 g/mol. The van der Waals surface area contributed by atoms with Gasteiger partial charge in [-0.25, -0.2) is 4.79 Å². The van der Waals surface area contributed by atoms with Crippen molar-refractivity contribution in [3.63, 3.8) is 0 Å². The molecule has 0 bridgehead atoms. The molecule has 0 amide bonds. The van der Waals surface area contributed by atoms with Gasteiger partial charge < -0.3 is 9.22 Å². The van der Waals surface area contributed by atoms with Crippen LogP contribution >= 0.6 is 11.6 Å². The molecule has 0 N–H and O–H groups in total. The first kappa shape index (κ1) is 11.5. The van der Waals surface area contributed by atoms with Crippen LogP contribution in [-0.2, 0) is 9.53 Å². The summed E-state index contributed by atoms with van der Waals surface area (Å²) in [5, 5.41) is 0. The summed E-state index contributed by atoms with van der Waals surface area (Å²) in [4.78, 5) is 10.6. The van der Waals surface area contributed by atoms with Gasteiger partial charge in [-0.15, -0.1) is 0 Å². The van der Waals surface area contributed by atoms with Crippen LogP contribution in [0.25, 0.3) is 0 Å². The Hall–Kier alpha value is -0.540. The fourth-order valence-corrected chi connectivity index (χ4v) is 0.496. The van der Waals surface area contributed by atoms with Crippen LogP contribution in [-0.4, -0.2) is 43.7 Å². The summed E-state index contributed by atoms with van der Waals surface area (Å²) in [6.45, 7) is 3.48. The minimum atomic E-state index is -0.436. The number of hydrogen-bond donors (Lipinski definition) is 0. The molecule has 0 aromatic heterocycles. The highest BCUT2D eigenvalue weighted by molar-refractivity contribution is 6.19.